The fraction of sp³-hybridized carbons (Fsp3) is 0.286. The van der Waals surface area contributed by atoms with Crippen LogP contribution in [0.1, 0.15) is 11.1 Å². The number of nitrogens with one attached hydrogen (secondary N) is 1. The van der Waals surface area contributed by atoms with Crippen molar-refractivity contribution in [3.8, 4) is 28.7 Å². The third kappa shape index (κ3) is 5.04. The van der Waals surface area contributed by atoms with Gasteiger partial charge in [-0.05, 0) is 49.2 Å². The first kappa shape index (κ1) is 21.5. The molecule has 0 aliphatic carbocycles. The Morgan fingerprint density at radius 1 is 0.967 bits per heavy atom. The molecule has 3 aromatic rings. The highest BCUT2D eigenvalue weighted by Crippen LogP contribution is 2.41. The fourth-order valence-corrected chi connectivity index (χ4v) is 3.52. The number of thioether (sulfide) groups is 1. The number of benzene rings is 2. The minimum atomic E-state index is -0.155. The molecule has 30 heavy (non-hydrogen) atoms. The maximum Gasteiger partial charge on any atom is 0.277 e. The number of carbonyl (C=O) groups is 1. The van der Waals surface area contributed by atoms with Gasteiger partial charge in [0.25, 0.3) is 5.22 Å². The monoisotopic (exact) mass is 429 g/mol. The fourth-order valence-electron chi connectivity index (χ4n) is 2.96. The topological polar surface area (TPSA) is 95.7 Å². The molecule has 0 radical (unpaired) electrons. The van der Waals surface area contributed by atoms with E-state index in [4.69, 9.17) is 18.6 Å². The van der Waals surface area contributed by atoms with E-state index in [0.29, 0.717) is 22.8 Å². The number of aromatic nitrogens is 2. The van der Waals surface area contributed by atoms with Crippen molar-refractivity contribution in [1.29, 1.82) is 0 Å². The average Bonchev–Trinajstić information content (AvgIpc) is 3.19. The van der Waals surface area contributed by atoms with Crippen LogP contribution >= 0.6 is 11.8 Å². The van der Waals surface area contributed by atoms with E-state index in [9.17, 15) is 4.79 Å². The number of nitrogens with zero attached hydrogens (tertiary/aromatic N) is 2. The number of amides is 1. The Kier molecular flexibility index (Phi) is 6.83. The molecule has 0 unspecified atom stereocenters. The van der Waals surface area contributed by atoms with Crippen molar-refractivity contribution in [2.75, 3.05) is 32.4 Å². The van der Waals surface area contributed by atoms with Crippen LogP contribution in [0, 0.1) is 13.8 Å². The highest BCUT2D eigenvalue weighted by Gasteiger charge is 2.18. The van der Waals surface area contributed by atoms with Crippen molar-refractivity contribution in [2.45, 2.75) is 19.1 Å². The van der Waals surface area contributed by atoms with E-state index in [0.717, 1.165) is 28.6 Å². The number of aryl methyl sites for hydroxylation is 2. The summed E-state index contributed by atoms with van der Waals surface area (Å²) in [5, 5.41) is 11.2. The summed E-state index contributed by atoms with van der Waals surface area (Å²) >= 11 is 1.16. The quantitative estimate of drug-likeness (QED) is 0.535. The molecule has 2 aromatic carbocycles. The molecule has 0 fully saturated rings. The van der Waals surface area contributed by atoms with E-state index in [1.165, 1.54) is 21.3 Å². The van der Waals surface area contributed by atoms with Crippen molar-refractivity contribution in [1.82, 2.24) is 10.2 Å². The molecule has 0 saturated carbocycles. The maximum absolute atomic E-state index is 12.3. The Morgan fingerprint density at radius 3 is 2.17 bits per heavy atom. The first-order valence-electron chi connectivity index (χ1n) is 9.08. The summed E-state index contributed by atoms with van der Waals surface area (Å²) in [5.41, 5.74) is 3.56. The maximum atomic E-state index is 12.3. The molecule has 8 nitrogen and oxygen atoms in total. The number of hydrogen-bond donors (Lipinski definition) is 1. The lowest BCUT2D eigenvalue weighted by Gasteiger charge is -2.12. The molecule has 1 aromatic heterocycles. The molecule has 0 atom stereocenters. The molecule has 3 rings (SSSR count). The minimum absolute atomic E-state index is 0.143. The van der Waals surface area contributed by atoms with Gasteiger partial charge in [-0.1, -0.05) is 17.8 Å². The van der Waals surface area contributed by atoms with Crippen molar-refractivity contribution in [3.05, 3.63) is 41.5 Å². The summed E-state index contributed by atoms with van der Waals surface area (Å²) in [6.07, 6.45) is 0. The standard InChI is InChI=1S/C21H23N3O5S/c1-12-6-13(2)8-15(7-12)22-18(25)11-30-21-24-23-20(29-21)14-9-16(26-3)19(28-5)17(10-14)27-4/h6-10H,11H2,1-5H3,(H,22,25). The first-order valence-corrected chi connectivity index (χ1v) is 10.1. The van der Waals surface area contributed by atoms with Gasteiger partial charge in [0.1, 0.15) is 0 Å². The zero-order chi connectivity index (χ0) is 21.7. The van der Waals surface area contributed by atoms with Crippen LogP contribution in [0.25, 0.3) is 11.5 Å². The smallest absolute Gasteiger partial charge is 0.277 e. The first-order chi connectivity index (χ1) is 14.4. The summed E-state index contributed by atoms with van der Waals surface area (Å²) in [6.45, 7) is 3.97. The van der Waals surface area contributed by atoms with Crippen LogP contribution in [0.5, 0.6) is 17.2 Å². The van der Waals surface area contributed by atoms with Gasteiger partial charge < -0.3 is 23.9 Å². The minimum Gasteiger partial charge on any atom is -0.493 e. The van der Waals surface area contributed by atoms with E-state index in [2.05, 4.69) is 15.5 Å². The Morgan fingerprint density at radius 2 is 1.60 bits per heavy atom. The summed E-state index contributed by atoms with van der Waals surface area (Å²) in [5.74, 6) is 1.70. The summed E-state index contributed by atoms with van der Waals surface area (Å²) in [7, 11) is 4.60. The molecule has 0 saturated heterocycles. The van der Waals surface area contributed by atoms with E-state index in [1.807, 2.05) is 32.0 Å². The summed E-state index contributed by atoms with van der Waals surface area (Å²) in [4.78, 5) is 12.3. The third-order valence-electron chi connectivity index (χ3n) is 4.15. The van der Waals surface area contributed by atoms with Gasteiger partial charge in [0.05, 0.1) is 27.1 Å². The molecule has 1 N–H and O–H groups in total. The second kappa shape index (κ2) is 9.53. The van der Waals surface area contributed by atoms with Gasteiger partial charge in [0, 0.05) is 11.3 Å². The van der Waals surface area contributed by atoms with Gasteiger partial charge >= 0.3 is 0 Å². The molecule has 0 aliphatic rings. The normalized spacial score (nSPS) is 10.6. The molecule has 1 amide bonds. The number of anilines is 1. The predicted octanol–water partition coefficient (Wildman–Crippen LogP) is 4.11. The summed E-state index contributed by atoms with van der Waals surface area (Å²) in [6, 6.07) is 9.33. The van der Waals surface area contributed by atoms with Crippen LogP contribution in [0.4, 0.5) is 5.69 Å². The number of ether oxygens (including phenoxy) is 3. The van der Waals surface area contributed by atoms with E-state index < -0.39 is 0 Å². The predicted molar refractivity (Wildman–Crippen MR) is 115 cm³/mol. The third-order valence-corrected chi connectivity index (χ3v) is 4.97. The van der Waals surface area contributed by atoms with Crippen molar-refractivity contribution < 1.29 is 23.4 Å². The van der Waals surface area contributed by atoms with Crippen LogP contribution in [-0.4, -0.2) is 43.2 Å². The molecule has 158 valence electrons. The van der Waals surface area contributed by atoms with E-state index in [-0.39, 0.29) is 22.8 Å². The van der Waals surface area contributed by atoms with Crippen LogP contribution in [0.15, 0.2) is 40.0 Å². The number of carbonyl (C=O) groups excluding carboxylic acids is 1. The van der Waals surface area contributed by atoms with Crippen LogP contribution < -0.4 is 19.5 Å². The molecular weight excluding hydrogens is 406 g/mol. The Hall–Kier alpha value is -3.20. The van der Waals surface area contributed by atoms with Gasteiger partial charge in [0.15, 0.2) is 11.5 Å². The average molecular weight is 429 g/mol. The van der Waals surface area contributed by atoms with Gasteiger partial charge in [-0.15, -0.1) is 10.2 Å². The van der Waals surface area contributed by atoms with Crippen molar-refractivity contribution >= 4 is 23.4 Å². The van der Waals surface area contributed by atoms with Crippen molar-refractivity contribution in [3.63, 3.8) is 0 Å². The van der Waals surface area contributed by atoms with E-state index in [1.54, 1.807) is 12.1 Å². The van der Waals surface area contributed by atoms with Crippen LogP contribution in [0.2, 0.25) is 0 Å². The highest BCUT2D eigenvalue weighted by molar-refractivity contribution is 7.99. The Balaban J connectivity index is 1.68. The molecule has 0 aliphatic heterocycles. The van der Waals surface area contributed by atoms with Crippen molar-refractivity contribution in [2.24, 2.45) is 0 Å². The lowest BCUT2D eigenvalue weighted by molar-refractivity contribution is -0.113. The number of hydrogen-bond acceptors (Lipinski definition) is 8. The molecular formula is C21H23N3O5S. The second-order valence-corrected chi connectivity index (χ2v) is 7.43. The zero-order valence-electron chi connectivity index (χ0n) is 17.4. The Bertz CT molecular complexity index is 1010. The van der Waals surface area contributed by atoms with Crippen LogP contribution in [-0.2, 0) is 4.79 Å². The van der Waals surface area contributed by atoms with Gasteiger partial charge in [-0.3, -0.25) is 4.79 Å². The number of methoxy groups -OCH3 is 3. The van der Waals surface area contributed by atoms with Gasteiger partial charge in [-0.25, -0.2) is 0 Å². The van der Waals surface area contributed by atoms with Gasteiger partial charge in [0.2, 0.25) is 17.5 Å². The molecule has 1 heterocycles. The lowest BCUT2D eigenvalue weighted by atomic mass is 10.1. The molecule has 0 bridgehead atoms. The largest absolute Gasteiger partial charge is 0.493 e. The van der Waals surface area contributed by atoms with E-state index >= 15 is 0 Å². The van der Waals surface area contributed by atoms with Crippen LogP contribution in [0.3, 0.4) is 0 Å². The highest BCUT2D eigenvalue weighted by atomic mass is 32.2. The zero-order valence-corrected chi connectivity index (χ0v) is 18.3. The second-order valence-electron chi connectivity index (χ2n) is 6.50. The SMILES string of the molecule is COc1cc(-c2nnc(SCC(=O)Nc3cc(C)cc(C)c3)o2)cc(OC)c1OC. The van der Waals surface area contributed by atoms with Gasteiger partial charge in [-0.2, -0.15) is 0 Å². The molecule has 9 heteroatoms. The number of rotatable bonds is 8. The molecule has 0 spiro atoms. The lowest BCUT2D eigenvalue weighted by Crippen LogP contribution is -2.14. The summed E-state index contributed by atoms with van der Waals surface area (Å²) < 4.78 is 21.7. The Labute approximate surface area is 178 Å².